The van der Waals surface area contributed by atoms with E-state index in [0.717, 1.165) is 30.0 Å². The van der Waals surface area contributed by atoms with Crippen LogP contribution in [0.2, 0.25) is 0 Å². The largest absolute Gasteiger partial charge is 0.383 e. The van der Waals surface area contributed by atoms with Crippen molar-refractivity contribution in [2.45, 2.75) is 13.3 Å². The molecule has 0 bridgehead atoms. The standard InChI is InChI=1S/C15H18N4O/c1-11-10-14(18(2)17-11)15(20)19-9-5-8-16-12-6-3-4-7-13(12)19/h3-4,6-7,10,16H,5,8-9H2,1-2H3. The summed E-state index contributed by atoms with van der Waals surface area (Å²) in [5.74, 6) is 0.00394. The molecule has 20 heavy (non-hydrogen) atoms. The minimum atomic E-state index is 0.00394. The molecule has 1 aromatic heterocycles. The van der Waals surface area contributed by atoms with Gasteiger partial charge in [-0.15, -0.1) is 0 Å². The Morgan fingerprint density at radius 1 is 1.35 bits per heavy atom. The van der Waals surface area contributed by atoms with E-state index in [1.54, 1.807) is 4.68 Å². The van der Waals surface area contributed by atoms with Crippen molar-refractivity contribution >= 4 is 17.3 Å². The van der Waals surface area contributed by atoms with E-state index in [0.29, 0.717) is 12.2 Å². The summed E-state index contributed by atoms with van der Waals surface area (Å²) in [7, 11) is 1.81. The summed E-state index contributed by atoms with van der Waals surface area (Å²) < 4.78 is 1.65. The predicted octanol–water partition coefficient (Wildman–Crippen LogP) is 2.19. The maximum absolute atomic E-state index is 12.8. The molecule has 1 N–H and O–H groups in total. The molecule has 5 nitrogen and oxygen atoms in total. The van der Waals surface area contributed by atoms with Gasteiger partial charge in [-0.25, -0.2) is 0 Å². The molecule has 1 aliphatic rings. The van der Waals surface area contributed by atoms with E-state index in [1.807, 2.05) is 49.2 Å². The normalized spacial score (nSPS) is 14.4. The van der Waals surface area contributed by atoms with Crippen LogP contribution in [-0.2, 0) is 7.05 Å². The van der Waals surface area contributed by atoms with E-state index in [1.165, 1.54) is 0 Å². The Labute approximate surface area is 118 Å². The van der Waals surface area contributed by atoms with Crippen LogP contribution in [0, 0.1) is 6.92 Å². The lowest BCUT2D eigenvalue weighted by molar-refractivity contribution is 0.0978. The highest BCUT2D eigenvalue weighted by molar-refractivity contribution is 6.07. The molecule has 0 unspecified atom stereocenters. The number of nitrogens with one attached hydrogen (secondary N) is 1. The van der Waals surface area contributed by atoms with Gasteiger partial charge in [-0.2, -0.15) is 5.10 Å². The van der Waals surface area contributed by atoms with E-state index in [9.17, 15) is 4.79 Å². The molecule has 0 saturated heterocycles. The number of carbonyl (C=O) groups excluding carboxylic acids is 1. The molecule has 0 spiro atoms. The van der Waals surface area contributed by atoms with Gasteiger partial charge in [0.2, 0.25) is 0 Å². The average molecular weight is 270 g/mol. The summed E-state index contributed by atoms with van der Waals surface area (Å²) in [5, 5.41) is 7.62. The molecular weight excluding hydrogens is 252 g/mol. The predicted molar refractivity (Wildman–Crippen MR) is 79.2 cm³/mol. The third kappa shape index (κ3) is 2.15. The molecule has 1 aromatic carbocycles. The Hall–Kier alpha value is -2.30. The van der Waals surface area contributed by atoms with Crippen molar-refractivity contribution in [2.24, 2.45) is 7.05 Å². The van der Waals surface area contributed by atoms with E-state index in [2.05, 4.69) is 10.4 Å². The Morgan fingerprint density at radius 3 is 2.90 bits per heavy atom. The average Bonchev–Trinajstić information content (AvgIpc) is 2.66. The van der Waals surface area contributed by atoms with Crippen LogP contribution in [0.4, 0.5) is 11.4 Å². The second-order valence-corrected chi connectivity index (χ2v) is 5.05. The number of hydrogen-bond donors (Lipinski definition) is 1. The third-order valence-electron chi connectivity index (χ3n) is 3.54. The number of anilines is 2. The maximum Gasteiger partial charge on any atom is 0.276 e. The molecule has 3 rings (SSSR count). The second-order valence-electron chi connectivity index (χ2n) is 5.05. The SMILES string of the molecule is Cc1cc(C(=O)N2CCCNc3ccccc32)n(C)n1. The Kier molecular flexibility index (Phi) is 3.18. The molecule has 5 heteroatoms. The van der Waals surface area contributed by atoms with E-state index < -0.39 is 0 Å². The van der Waals surface area contributed by atoms with Crippen molar-refractivity contribution in [1.82, 2.24) is 9.78 Å². The fourth-order valence-corrected chi connectivity index (χ4v) is 2.60. The number of rotatable bonds is 1. The first-order chi connectivity index (χ1) is 9.66. The number of amides is 1. The molecule has 0 radical (unpaired) electrons. The topological polar surface area (TPSA) is 50.2 Å². The van der Waals surface area contributed by atoms with Crippen LogP contribution in [0.15, 0.2) is 30.3 Å². The summed E-state index contributed by atoms with van der Waals surface area (Å²) in [5.41, 5.74) is 3.43. The third-order valence-corrected chi connectivity index (χ3v) is 3.54. The number of aryl methyl sites for hydroxylation is 2. The van der Waals surface area contributed by atoms with Crippen LogP contribution in [0.25, 0.3) is 0 Å². The van der Waals surface area contributed by atoms with Crippen molar-refractivity contribution in [1.29, 1.82) is 0 Å². The highest BCUT2D eigenvalue weighted by Crippen LogP contribution is 2.29. The molecule has 2 heterocycles. The fraction of sp³-hybridized carbons (Fsp3) is 0.333. The molecule has 104 valence electrons. The van der Waals surface area contributed by atoms with E-state index in [4.69, 9.17) is 0 Å². The summed E-state index contributed by atoms with van der Waals surface area (Å²) in [6, 6.07) is 9.77. The van der Waals surface area contributed by atoms with Crippen molar-refractivity contribution < 1.29 is 4.79 Å². The van der Waals surface area contributed by atoms with E-state index in [-0.39, 0.29) is 5.91 Å². The van der Waals surface area contributed by atoms with Gasteiger partial charge in [0, 0.05) is 20.1 Å². The first-order valence-electron chi connectivity index (χ1n) is 6.82. The van der Waals surface area contributed by atoms with Gasteiger partial charge in [0.1, 0.15) is 5.69 Å². The summed E-state index contributed by atoms with van der Waals surface area (Å²) >= 11 is 0. The highest BCUT2D eigenvalue weighted by Gasteiger charge is 2.24. The van der Waals surface area contributed by atoms with Crippen LogP contribution in [0.3, 0.4) is 0 Å². The zero-order chi connectivity index (χ0) is 14.1. The van der Waals surface area contributed by atoms with Crippen molar-refractivity contribution in [3.8, 4) is 0 Å². The van der Waals surface area contributed by atoms with Gasteiger partial charge < -0.3 is 10.2 Å². The summed E-state index contributed by atoms with van der Waals surface area (Å²) in [6.45, 7) is 3.49. The Balaban J connectivity index is 2.01. The molecule has 0 atom stereocenters. The number of aromatic nitrogens is 2. The number of fused-ring (bicyclic) bond motifs is 1. The van der Waals surface area contributed by atoms with Gasteiger partial charge in [-0.1, -0.05) is 12.1 Å². The van der Waals surface area contributed by atoms with Gasteiger partial charge in [0.05, 0.1) is 17.1 Å². The minimum absolute atomic E-state index is 0.00394. The smallest absolute Gasteiger partial charge is 0.276 e. The number of carbonyl (C=O) groups is 1. The van der Waals surface area contributed by atoms with Crippen LogP contribution in [-0.4, -0.2) is 28.8 Å². The molecule has 0 fully saturated rings. The monoisotopic (exact) mass is 270 g/mol. The molecule has 0 aliphatic carbocycles. The molecule has 2 aromatic rings. The number of hydrogen-bond acceptors (Lipinski definition) is 3. The van der Waals surface area contributed by atoms with Crippen molar-refractivity contribution in [3.63, 3.8) is 0 Å². The Bertz CT molecular complexity index is 647. The van der Waals surface area contributed by atoms with Gasteiger partial charge in [-0.3, -0.25) is 9.48 Å². The molecule has 0 saturated carbocycles. The summed E-state index contributed by atoms with van der Waals surface area (Å²) in [6.07, 6.45) is 0.928. The lowest BCUT2D eigenvalue weighted by Gasteiger charge is -2.22. The van der Waals surface area contributed by atoms with Crippen molar-refractivity contribution in [3.05, 3.63) is 41.7 Å². The van der Waals surface area contributed by atoms with Crippen LogP contribution >= 0.6 is 0 Å². The maximum atomic E-state index is 12.8. The van der Waals surface area contributed by atoms with Crippen LogP contribution in [0.1, 0.15) is 22.6 Å². The zero-order valence-electron chi connectivity index (χ0n) is 11.8. The minimum Gasteiger partial charge on any atom is -0.383 e. The highest BCUT2D eigenvalue weighted by atomic mass is 16.2. The lowest BCUT2D eigenvalue weighted by atomic mass is 10.2. The van der Waals surface area contributed by atoms with Crippen molar-refractivity contribution in [2.75, 3.05) is 23.3 Å². The van der Waals surface area contributed by atoms with Crippen LogP contribution < -0.4 is 10.2 Å². The summed E-state index contributed by atoms with van der Waals surface area (Å²) in [4.78, 5) is 14.6. The van der Waals surface area contributed by atoms with Crippen LogP contribution in [0.5, 0.6) is 0 Å². The van der Waals surface area contributed by atoms with Gasteiger partial charge in [0.25, 0.3) is 5.91 Å². The first kappa shape index (κ1) is 12.7. The van der Waals surface area contributed by atoms with Gasteiger partial charge >= 0.3 is 0 Å². The molecule has 1 amide bonds. The first-order valence-corrected chi connectivity index (χ1v) is 6.82. The lowest BCUT2D eigenvalue weighted by Crippen LogP contribution is -2.33. The Morgan fingerprint density at radius 2 is 2.15 bits per heavy atom. The van der Waals surface area contributed by atoms with E-state index >= 15 is 0 Å². The fourth-order valence-electron chi connectivity index (χ4n) is 2.60. The van der Waals surface area contributed by atoms with Gasteiger partial charge in [0.15, 0.2) is 0 Å². The molecular formula is C15H18N4O. The van der Waals surface area contributed by atoms with Gasteiger partial charge in [-0.05, 0) is 31.5 Å². The zero-order valence-corrected chi connectivity index (χ0v) is 11.8. The number of benzene rings is 1. The number of para-hydroxylation sites is 2. The number of nitrogens with zero attached hydrogens (tertiary/aromatic N) is 3. The second kappa shape index (κ2) is 5.00. The quantitative estimate of drug-likeness (QED) is 0.864. The molecule has 1 aliphatic heterocycles.